The molecule has 0 radical (unpaired) electrons. The molecule has 1 aliphatic rings. The molecule has 0 aliphatic carbocycles. The van der Waals surface area contributed by atoms with Gasteiger partial charge in [0.2, 0.25) is 5.09 Å². The molecule has 8 heteroatoms. The number of furan rings is 1. The fourth-order valence-electron chi connectivity index (χ4n) is 2.53. The number of methoxy groups -OCH3 is 1. The van der Waals surface area contributed by atoms with Crippen LogP contribution in [0.1, 0.15) is 23.4 Å². The lowest BCUT2D eigenvalue weighted by Crippen LogP contribution is -2.27. The Morgan fingerprint density at radius 2 is 1.96 bits per heavy atom. The normalized spacial score (nSPS) is 15.4. The van der Waals surface area contributed by atoms with E-state index < -0.39 is 15.9 Å². The molecule has 0 atom stereocenters. The number of sulfonamides is 1. The van der Waals surface area contributed by atoms with Crippen molar-refractivity contribution in [3.63, 3.8) is 0 Å². The molecular weight excluding hydrogens is 332 g/mol. The van der Waals surface area contributed by atoms with Crippen molar-refractivity contribution in [3.8, 4) is 5.75 Å². The van der Waals surface area contributed by atoms with E-state index in [0.717, 1.165) is 12.8 Å². The molecule has 0 unspecified atom stereocenters. The number of hydrogen-bond donors (Lipinski definition) is 1. The summed E-state index contributed by atoms with van der Waals surface area (Å²) in [6.07, 6.45) is 1.67. The second-order valence-corrected chi connectivity index (χ2v) is 7.28. The summed E-state index contributed by atoms with van der Waals surface area (Å²) >= 11 is 0. The maximum absolute atomic E-state index is 12.4. The molecule has 1 aliphatic heterocycles. The highest BCUT2D eigenvalue weighted by Crippen LogP contribution is 2.23. The zero-order valence-corrected chi connectivity index (χ0v) is 14.0. The summed E-state index contributed by atoms with van der Waals surface area (Å²) in [5.41, 5.74) is 0.528. The Morgan fingerprint density at radius 1 is 1.21 bits per heavy atom. The Labute approximate surface area is 140 Å². The van der Waals surface area contributed by atoms with Gasteiger partial charge in [0.1, 0.15) is 5.75 Å². The van der Waals surface area contributed by atoms with Gasteiger partial charge >= 0.3 is 0 Å². The van der Waals surface area contributed by atoms with Crippen molar-refractivity contribution < 1.29 is 22.4 Å². The van der Waals surface area contributed by atoms with Crippen LogP contribution in [-0.2, 0) is 10.0 Å². The van der Waals surface area contributed by atoms with Gasteiger partial charge in [-0.3, -0.25) is 4.79 Å². The van der Waals surface area contributed by atoms with Gasteiger partial charge in [-0.05, 0) is 37.1 Å². The van der Waals surface area contributed by atoms with Gasteiger partial charge < -0.3 is 14.5 Å². The molecule has 7 nitrogen and oxygen atoms in total. The van der Waals surface area contributed by atoms with Crippen molar-refractivity contribution in [2.24, 2.45) is 0 Å². The fraction of sp³-hybridized carbons (Fsp3) is 0.312. The summed E-state index contributed by atoms with van der Waals surface area (Å²) in [4.78, 5) is 12.2. The maximum Gasteiger partial charge on any atom is 0.291 e. The summed E-state index contributed by atoms with van der Waals surface area (Å²) in [5.74, 6) is 0.0197. The Bertz CT molecular complexity index is 838. The first-order chi connectivity index (χ1) is 11.5. The largest absolute Gasteiger partial charge is 0.497 e. The van der Waals surface area contributed by atoms with E-state index in [1.165, 1.54) is 23.5 Å². The highest BCUT2D eigenvalue weighted by Gasteiger charge is 2.30. The van der Waals surface area contributed by atoms with Crippen LogP contribution < -0.4 is 10.1 Å². The smallest absolute Gasteiger partial charge is 0.291 e. The van der Waals surface area contributed by atoms with Crippen molar-refractivity contribution in [1.82, 2.24) is 4.31 Å². The minimum atomic E-state index is -3.67. The van der Waals surface area contributed by atoms with Gasteiger partial charge in [0.25, 0.3) is 15.9 Å². The third-order valence-electron chi connectivity index (χ3n) is 3.79. The molecule has 1 N–H and O–H groups in total. The van der Waals surface area contributed by atoms with E-state index in [1.807, 2.05) is 0 Å². The standard InChI is InChI=1S/C16H18N2O5S/c1-22-13-6-4-5-12(11-13)17-16(19)14-7-8-15(23-14)24(20,21)18-9-2-3-10-18/h4-8,11H,2-3,9-10H2,1H3,(H,17,19). The molecule has 0 bridgehead atoms. The van der Waals surface area contributed by atoms with E-state index in [1.54, 1.807) is 24.3 Å². The average Bonchev–Trinajstić information content (AvgIpc) is 3.27. The molecule has 3 rings (SSSR count). The number of ether oxygens (including phenoxy) is 1. The molecule has 2 heterocycles. The summed E-state index contributed by atoms with van der Waals surface area (Å²) in [7, 11) is -2.14. The van der Waals surface area contributed by atoms with Crippen LogP contribution in [0.3, 0.4) is 0 Å². The maximum atomic E-state index is 12.4. The van der Waals surface area contributed by atoms with Crippen LogP contribution in [0.25, 0.3) is 0 Å². The second kappa shape index (κ2) is 6.66. The van der Waals surface area contributed by atoms with Crippen molar-refractivity contribution in [2.45, 2.75) is 17.9 Å². The molecule has 2 aromatic rings. The minimum Gasteiger partial charge on any atom is -0.497 e. The van der Waals surface area contributed by atoms with Crippen LogP contribution in [0.2, 0.25) is 0 Å². The van der Waals surface area contributed by atoms with Gasteiger partial charge in [0.15, 0.2) is 5.76 Å². The number of anilines is 1. The average molecular weight is 350 g/mol. The quantitative estimate of drug-likeness (QED) is 0.894. The second-order valence-electron chi connectivity index (χ2n) is 5.42. The van der Waals surface area contributed by atoms with Crippen molar-refractivity contribution in [1.29, 1.82) is 0 Å². The van der Waals surface area contributed by atoms with Gasteiger partial charge in [-0.1, -0.05) is 6.07 Å². The van der Waals surface area contributed by atoms with Crippen LogP contribution >= 0.6 is 0 Å². The van der Waals surface area contributed by atoms with Crippen LogP contribution in [0, 0.1) is 0 Å². The number of hydrogen-bond acceptors (Lipinski definition) is 5. The molecule has 1 aromatic heterocycles. The zero-order valence-electron chi connectivity index (χ0n) is 13.2. The topological polar surface area (TPSA) is 88.8 Å². The summed E-state index contributed by atoms with van der Waals surface area (Å²) in [6, 6.07) is 9.52. The predicted molar refractivity (Wildman–Crippen MR) is 87.6 cm³/mol. The van der Waals surface area contributed by atoms with E-state index in [4.69, 9.17) is 9.15 Å². The van der Waals surface area contributed by atoms with E-state index in [2.05, 4.69) is 5.32 Å². The van der Waals surface area contributed by atoms with Crippen LogP contribution in [-0.4, -0.2) is 38.8 Å². The highest BCUT2D eigenvalue weighted by molar-refractivity contribution is 7.89. The van der Waals surface area contributed by atoms with Gasteiger partial charge in [-0.2, -0.15) is 4.31 Å². The molecular formula is C16H18N2O5S. The van der Waals surface area contributed by atoms with Crippen LogP contribution in [0.4, 0.5) is 5.69 Å². The molecule has 1 saturated heterocycles. The lowest BCUT2D eigenvalue weighted by atomic mass is 10.3. The van der Waals surface area contributed by atoms with E-state index in [0.29, 0.717) is 24.5 Å². The zero-order chi connectivity index (χ0) is 17.2. The van der Waals surface area contributed by atoms with Crippen molar-refractivity contribution in [3.05, 3.63) is 42.2 Å². The number of nitrogens with one attached hydrogen (secondary N) is 1. The first kappa shape index (κ1) is 16.5. The summed E-state index contributed by atoms with van der Waals surface area (Å²) in [6.45, 7) is 0.961. The number of nitrogens with zero attached hydrogens (tertiary/aromatic N) is 1. The Kier molecular flexibility index (Phi) is 4.59. The number of rotatable bonds is 5. The third-order valence-corrected chi connectivity index (χ3v) is 5.56. The molecule has 0 saturated carbocycles. The SMILES string of the molecule is COc1cccc(NC(=O)c2ccc(S(=O)(=O)N3CCCC3)o2)c1. The Morgan fingerprint density at radius 3 is 2.67 bits per heavy atom. The lowest BCUT2D eigenvalue weighted by molar-refractivity contribution is 0.0991. The number of benzene rings is 1. The summed E-state index contributed by atoms with van der Waals surface area (Å²) in [5, 5.41) is 2.44. The van der Waals surface area contributed by atoms with E-state index >= 15 is 0 Å². The van der Waals surface area contributed by atoms with Gasteiger partial charge in [0.05, 0.1) is 7.11 Å². The van der Waals surface area contributed by atoms with Crippen LogP contribution in [0.5, 0.6) is 5.75 Å². The van der Waals surface area contributed by atoms with Crippen molar-refractivity contribution in [2.75, 3.05) is 25.5 Å². The summed E-state index contributed by atoms with van der Waals surface area (Å²) < 4.78 is 36.5. The van der Waals surface area contributed by atoms with Gasteiger partial charge in [0, 0.05) is 24.8 Å². The van der Waals surface area contributed by atoms with E-state index in [-0.39, 0.29) is 10.9 Å². The van der Waals surface area contributed by atoms with Gasteiger partial charge in [-0.15, -0.1) is 0 Å². The minimum absolute atomic E-state index is 0.0596. The molecule has 1 aromatic carbocycles. The molecule has 24 heavy (non-hydrogen) atoms. The lowest BCUT2D eigenvalue weighted by Gasteiger charge is -2.12. The van der Waals surface area contributed by atoms with Gasteiger partial charge in [-0.25, -0.2) is 8.42 Å². The van der Waals surface area contributed by atoms with Crippen LogP contribution in [0.15, 0.2) is 45.9 Å². The van der Waals surface area contributed by atoms with E-state index in [9.17, 15) is 13.2 Å². The highest BCUT2D eigenvalue weighted by atomic mass is 32.2. The first-order valence-electron chi connectivity index (χ1n) is 7.56. The molecule has 0 spiro atoms. The third kappa shape index (κ3) is 3.29. The molecule has 1 amide bonds. The van der Waals surface area contributed by atoms with Crippen molar-refractivity contribution >= 4 is 21.6 Å². The molecule has 128 valence electrons. The Hall–Kier alpha value is -2.32. The monoisotopic (exact) mass is 350 g/mol. The number of carbonyl (C=O) groups is 1. The molecule has 1 fully saturated rings. The number of amides is 1. The number of carbonyl (C=O) groups excluding carboxylic acids is 1. The predicted octanol–water partition coefficient (Wildman–Crippen LogP) is 2.33. The fourth-order valence-corrected chi connectivity index (χ4v) is 3.96. The Balaban J connectivity index is 1.76. The first-order valence-corrected chi connectivity index (χ1v) is 9.00.